The number of nitrogens with one attached hydrogen (secondary N) is 2. The van der Waals surface area contributed by atoms with E-state index in [9.17, 15) is 4.79 Å². The molecular weight excluding hydrogens is 182 g/mol. The molecule has 0 spiro atoms. The van der Waals surface area contributed by atoms with E-state index in [2.05, 4.69) is 15.5 Å². The van der Waals surface area contributed by atoms with Gasteiger partial charge in [-0.1, -0.05) is 0 Å². The van der Waals surface area contributed by atoms with Crippen LogP contribution < -0.4 is 10.9 Å². The number of anilines is 1. The van der Waals surface area contributed by atoms with Crippen molar-refractivity contribution >= 4 is 5.69 Å². The summed E-state index contributed by atoms with van der Waals surface area (Å²) < 4.78 is 0. The number of aromatic amines is 1. The maximum Gasteiger partial charge on any atom is 0.266 e. The molecule has 3 N–H and O–H groups in total. The first kappa shape index (κ1) is 9.21. The lowest BCUT2D eigenvalue weighted by Gasteiger charge is -2.31. The molecule has 5 heteroatoms. The minimum absolute atomic E-state index is 0.126. The van der Waals surface area contributed by atoms with Gasteiger partial charge in [0.1, 0.15) is 0 Å². The number of nitrogens with zero attached hydrogens (tertiary/aromatic N) is 1. The van der Waals surface area contributed by atoms with Gasteiger partial charge in [-0.3, -0.25) is 4.79 Å². The van der Waals surface area contributed by atoms with E-state index in [0.29, 0.717) is 5.92 Å². The van der Waals surface area contributed by atoms with Gasteiger partial charge in [-0.2, -0.15) is 5.10 Å². The number of rotatable bonds is 3. The molecule has 0 aromatic carbocycles. The van der Waals surface area contributed by atoms with E-state index in [1.165, 1.54) is 6.07 Å². The lowest BCUT2D eigenvalue weighted by atomic mass is 9.82. The zero-order chi connectivity index (χ0) is 9.97. The quantitative estimate of drug-likeness (QED) is 0.632. The average Bonchev–Trinajstić information content (AvgIpc) is 2.11. The summed E-state index contributed by atoms with van der Waals surface area (Å²) in [6.45, 7) is 0.794. The van der Waals surface area contributed by atoms with Crippen LogP contribution in [-0.2, 0) is 0 Å². The monoisotopic (exact) mass is 195 g/mol. The normalized spacial score (nSPS) is 25.5. The zero-order valence-electron chi connectivity index (χ0n) is 7.73. The molecule has 0 unspecified atom stereocenters. The predicted molar refractivity (Wildman–Crippen MR) is 52.1 cm³/mol. The highest BCUT2D eigenvalue weighted by Gasteiger charge is 2.26. The van der Waals surface area contributed by atoms with Gasteiger partial charge in [0.15, 0.2) is 0 Å². The van der Waals surface area contributed by atoms with Gasteiger partial charge in [-0.05, 0) is 18.8 Å². The molecule has 0 aliphatic heterocycles. The van der Waals surface area contributed by atoms with Crippen molar-refractivity contribution < 1.29 is 5.11 Å². The van der Waals surface area contributed by atoms with Crippen LogP contribution in [0.2, 0.25) is 0 Å². The van der Waals surface area contributed by atoms with Crippen molar-refractivity contribution in [2.45, 2.75) is 18.9 Å². The molecule has 1 heterocycles. The first-order valence-electron chi connectivity index (χ1n) is 4.70. The highest BCUT2D eigenvalue weighted by atomic mass is 16.3. The first-order chi connectivity index (χ1) is 6.74. The van der Waals surface area contributed by atoms with Crippen molar-refractivity contribution in [2.24, 2.45) is 5.92 Å². The fourth-order valence-corrected chi connectivity index (χ4v) is 1.60. The molecule has 0 bridgehead atoms. The molecule has 1 aromatic rings. The lowest BCUT2D eigenvalue weighted by Crippen LogP contribution is -2.33. The van der Waals surface area contributed by atoms with Crippen molar-refractivity contribution in [3.8, 4) is 0 Å². The summed E-state index contributed by atoms with van der Waals surface area (Å²) in [5, 5.41) is 18.2. The molecular formula is C9H13N3O2. The van der Waals surface area contributed by atoms with E-state index < -0.39 is 0 Å². The van der Waals surface area contributed by atoms with Gasteiger partial charge in [-0.25, -0.2) is 5.10 Å². The third-order valence-electron chi connectivity index (χ3n) is 2.47. The van der Waals surface area contributed by atoms with Crippen LogP contribution in [0.25, 0.3) is 0 Å². The SMILES string of the molecule is O=c1cc(NCC2CC(O)C2)cn[nH]1. The average molecular weight is 195 g/mol. The standard InChI is InChI=1S/C9H13N3O2/c13-8-1-6(2-8)4-10-7-3-9(14)12-11-5-7/h3,5-6,8,13H,1-2,4H2,(H2,10,12,14). The molecule has 0 atom stereocenters. The molecule has 0 saturated heterocycles. The van der Waals surface area contributed by atoms with Crippen LogP contribution in [-0.4, -0.2) is 28.0 Å². The van der Waals surface area contributed by atoms with E-state index in [1.807, 2.05) is 0 Å². The van der Waals surface area contributed by atoms with Crippen LogP contribution in [0, 0.1) is 5.92 Å². The molecule has 76 valence electrons. The minimum atomic E-state index is -0.205. The minimum Gasteiger partial charge on any atom is -0.393 e. The van der Waals surface area contributed by atoms with Crippen LogP contribution in [0.15, 0.2) is 17.1 Å². The molecule has 1 fully saturated rings. The Labute approximate surface area is 81.2 Å². The van der Waals surface area contributed by atoms with E-state index >= 15 is 0 Å². The van der Waals surface area contributed by atoms with Gasteiger partial charge >= 0.3 is 0 Å². The summed E-state index contributed by atoms with van der Waals surface area (Å²) in [5.74, 6) is 0.518. The third-order valence-corrected chi connectivity index (χ3v) is 2.47. The van der Waals surface area contributed by atoms with Gasteiger partial charge in [-0.15, -0.1) is 0 Å². The van der Waals surface area contributed by atoms with E-state index in [4.69, 9.17) is 5.11 Å². The zero-order valence-corrected chi connectivity index (χ0v) is 7.73. The van der Waals surface area contributed by atoms with Crippen LogP contribution in [0.3, 0.4) is 0 Å². The summed E-state index contributed by atoms with van der Waals surface area (Å²) in [4.78, 5) is 10.9. The van der Waals surface area contributed by atoms with Crippen molar-refractivity contribution in [2.75, 3.05) is 11.9 Å². The summed E-state index contributed by atoms with van der Waals surface area (Å²) in [5.41, 5.74) is 0.527. The summed E-state index contributed by atoms with van der Waals surface area (Å²) in [7, 11) is 0. The molecule has 14 heavy (non-hydrogen) atoms. The fourth-order valence-electron chi connectivity index (χ4n) is 1.60. The smallest absolute Gasteiger partial charge is 0.266 e. The van der Waals surface area contributed by atoms with E-state index in [1.54, 1.807) is 6.20 Å². The van der Waals surface area contributed by atoms with Crippen LogP contribution >= 0.6 is 0 Å². The predicted octanol–water partition coefficient (Wildman–Crippen LogP) is -0.0473. The Balaban J connectivity index is 1.83. The van der Waals surface area contributed by atoms with Gasteiger partial charge < -0.3 is 10.4 Å². The Bertz CT molecular complexity index is 357. The number of aromatic nitrogens is 2. The summed E-state index contributed by atoms with van der Waals surface area (Å²) in [6.07, 6.45) is 3.16. The number of aliphatic hydroxyl groups is 1. The first-order valence-corrected chi connectivity index (χ1v) is 4.70. The largest absolute Gasteiger partial charge is 0.393 e. The molecule has 1 saturated carbocycles. The van der Waals surface area contributed by atoms with Crippen LogP contribution in [0.1, 0.15) is 12.8 Å². The van der Waals surface area contributed by atoms with Crippen molar-refractivity contribution in [3.63, 3.8) is 0 Å². The second kappa shape index (κ2) is 3.79. The number of hydrogen-bond acceptors (Lipinski definition) is 4. The number of aliphatic hydroxyl groups excluding tert-OH is 1. The number of hydrogen-bond donors (Lipinski definition) is 3. The Hall–Kier alpha value is -1.36. The van der Waals surface area contributed by atoms with E-state index in [0.717, 1.165) is 25.1 Å². The molecule has 5 nitrogen and oxygen atoms in total. The van der Waals surface area contributed by atoms with Gasteiger partial charge in [0.25, 0.3) is 5.56 Å². The highest BCUT2D eigenvalue weighted by molar-refractivity contribution is 5.38. The topological polar surface area (TPSA) is 78.0 Å². The van der Waals surface area contributed by atoms with Gasteiger partial charge in [0, 0.05) is 12.6 Å². The summed E-state index contributed by atoms with van der Waals surface area (Å²) >= 11 is 0. The van der Waals surface area contributed by atoms with Gasteiger partial charge in [0.05, 0.1) is 18.0 Å². The lowest BCUT2D eigenvalue weighted by molar-refractivity contribution is 0.0487. The Kier molecular flexibility index (Phi) is 2.49. The molecule has 0 radical (unpaired) electrons. The Morgan fingerprint density at radius 1 is 1.64 bits per heavy atom. The highest BCUT2D eigenvalue weighted by Crippen LogP contribution is 2.26. The second-order valence-electron chi connectivity index (χ2n) is 3.71. The maximum atomic E-state index is 10.9. The molecule has 1 aliphatic rings. The number of H-pyrrole nitrogens is 1. The van der Waals surface area contributed by atoms with Crippen molar-refractivity contribution in [1.82, 2.24) is 10.2 Å². The van der Waals surface area contributed by atoms with Gasteiger partial charge in [0.2, 0.25) is 0 Å². The molecule has 1 aromatic heterocycles. The Morgan fingerprint density at radius 2 is 2.43 bits per heavy atom. The maximum absolute atomic E-state index is 10.9. The second-order valence-corrected chi connectivity index (χ2v) is 3.71. The van der Waals surface area contributed by atoms with Crippen molar-refractivity contribution in [1.29, 1.82) is 0 Å². The molecule has 2 rings (SSSR count). The fraction of sp³-hybridized carbons (Fsp3) is 0.556. The third kappa shape index (κ3) is 2.11. The molecule has 0 amide bonds. The van der Waals surface area contributed by atoms with Crippen LogP contribution in [0.5, 0.6) is 0 Å². The van der Waals surface area contributed by atoms with E-state index in [-0.39, 0.29) is 11.7 Å². The van der Waals surface area contributed by atoms with Crippen LogP contribution in [0.4, 0.5) is 5.69 Å². The Morgan fingerprint density at radius 3 is 3.07 bits per heavy atom. The molecule has 1 aliphatic carbocycles. The van der Waals surface area contributed by atoms with Crippen molar-refractivity contribution in [3.05, 3.63) is 22.6 Å². The summed E-state index contributed by atoms with van der Waals surface area (Å²) in [6, 6.07) is 1.47.